The Labute approximate surface area is 119 Å². The van der Waals surface area contributed by atoms with Crippen LogP contribution in [-0.4, -0.2) is 36.0 Å². The lowest BCUT2D eigenvalue weighted by Crippen LogP contribution is -2.57. The number of carbonyl (C=O) groups is 1. The normalized spacial score (nSPS) is 25.4. The van der Waals surface area contributed by atoms with Gasteiger partial charge in [-0.15, -0.1) is 23.7 Å². The number of halogens is 1. The molecular formula is C13H21ClN2OS. The molecule has 1 fully saturated rings. The van der Waals surface area contributed by atoms with Gasteiger partial charge in [-0.25, -0.2) is 0 Å². The zero-order valence-electron chi connectivity index (χ0n) is 11.1. The fraction of sp³-hybridized carbons (Fsp3) is 0.615. The number of carbonyl (C=O) groups excluding carboxylic acids is 1. The summed E-state index contributed by atoms with van der Waals surface area (Å²) >= 11 is 1.66. The number of rotatable bonds is 2. The van der Waals surface area contributed by atoms with Crippen molar-refractivity contribution in [3.05, 3.63) is 22.4 Å². The molecule has 0 radical (unpaired) electrons. The molecule has 1 aromatic heterocycles. The molecule has 1 amide bonds. The van der Waals surface area contributed by atoms with Gasteiger partial charge in [-0.1, -0.05) is 6.07 Å². The van der Waals surface area contributed by atoms with Crippen LogP contribution in [-0.2, 0) is 4.79 Å². The molecule has 0 saturated carbocycles. The van der Waals surface area contributed by atoms with Crippen LogP contribution in [0.15, 0.2) is 17.5 Å². The highest BCUT2D eigenvalue weighted by Gasteiger charge is 2.31. The standard InChI is InChI=1S/C13H20N2OS.ClH/c1-9(12-5-4-8-17-12)13(16)15-7-6-14-10(2)11(15)3;/h4-5,8-11,14H,6-7H2,1-3H3;1H. The van der Waals surface area contributed by atoms with E-state index in [0.717, 1.165) is 18.0 Å². The lowest BCUT2D eigenvalue weighted by atomic mass is 10.0. The second kappa shape index (κ2) is 6.55. The average Bonchev–Trinajstić information content (AvgIpc) is 2.84. The summed E-state index contributed by atoms with van der Waals surface area (Å²) in [6, 6.07) is 4.71. The molecule has 1 saturated heterocycles. The summed E-state index contributed by atoms with van der Waals surface area (Å²) in [5, 5.41) is 5.43. The van der Waals surface area contributed by atoms with Crippen LogP contribution in [0, 0.1) is 0 Å². The first kappa shape index (κ1) is 15.5. The van der Waals surface area contributed by atoms with E-state index in [9.17, 15) is 4.79 Å². The van der Waals surface area contributed by atoms with E-state index in [1.54, 1.807) is 11.3 Å². The average molecular weight is 289 g/mol. The first-order valence-corrected chi connectivity index (χ1v) is 7.06. The molecule has 2 rings (SSSR count). The zero-order valence-corrected chi connectivity index (χ0v) is 12.7. The smallest absolute Gasteiger partial charge is 0.231 e. The fourth-order valence-electron chi connectivity index (χ4n) is 2.28. The largest absolute Gasteiger partial charge is 0.337 e. The summed E-state index contributed by atoms with van der Waals surface area (Å²) in [6.45, 7) is 7.98. The van der Waals surface area contributed by atoms with Crippen molar-refractivity contribution in [3.8, 4) is 0 Å². The summed E-state index contributed by atoms with van der Waals surface area (Å²) < 4.78 is 0. The van der Waals surface area contributed by atoms with Crippen molar-refractivity contribution in [2.75, 3.05) is 13.1 Å². The predicted molar refractivity (Wildman–Crippen MR) is 78.6 cm³/mol. The zero-order chi connectivity index (χ0) is 12.4. The third-order valence-corrected chi connectivity index (χ3v) is 4.71. The quantitative estimate of drug-likeness (QED) is 0.907. The van der Waals surface area contributed by atoms with E-state index in [4.69, 9.17) is 0 Å². The van der Waals surface area contributed by atoms with Gasteiger partial charge in [0.05, 0.1) is 5.92 Å². The van der Waals surface area contributed by atoms with Gasteiger partial charge in [0.1, 0.15) is 0 Å². The Kier molecular flexibility index (Phi) is 5.63. The molecular weight excluding hydrogens is 268 g/mol. The van der Waals surface area contributed by atoms with Gasteiger partial charge < -0.3 is 10.2 Å². The van der Waals surface area contributed by atoms with Crippen molar-refractivity contribution in [2.24, 2.45) is 0 Å². The molecule has 3 atom stereocenters. The molecule has 0 aromatic carbocycles. The maximum absolute atomic E-state index is 12.5. The third-order valence-electron chi connectivity index (χ3n) is 3.66. The summed E-state index contributed by atoms with van der Waals surface area (Å²) in [5.74, 6) is 0.246. The molecule has 1 aliphatic heterocycles. The summed E-state index contributed by atoms with van der Waals surface area (Å²) in [6.07, 6.45) is 0. The van der Waals surface area contributed by atoms with E-state index in [-0.39, 0.29) is 30.3 Å². The van der Waals surface area contributed by atoms with Crippen LogP contribution >= 0.6 is 23.7 Å². The van der Waals surface area contributed by atoms with Crippen LogP contribution in [0.1, 0.15) is 31.6 Å². The number of nitrogens with zero attached hydrogens (tertiary/aromatic N) is 1. The Bertz CT molecular complexity index is 382. The molecule has 0 aliphatic carbocycles. The minimum absolute atomic E-state index is 0. The minimum atomic E-state index is -0.0113. The lowest BCUT2D eigenvalue weighted by Gasteiger charge is -2.39. The monoisotopic (exact) mass is 288 g/mol. The third kappa shape index (κ3) is 3.05. The van der Waals surface area contributed by atoms with Gasteiger partial charge in [-0.2, -0.15) is 0 Å². The van der Waals surface area contributed by atoms with Gasteiger partial charge in [0, 0.05) is 30.1 Å². The number of amides is 1. The fourth-order valence-corrected chi connectivity index (χ4v) is 3.05. The van der Waals surface area contributed by atoms with Crippen molar-refractivity contribution in [1.29, 1.82) is 0 Å². The highest BCUT2D eigenvalue weighted by molar-refractivity contribution is 7.10. The van der Waals surface area contributed by atoms with E-state index < -0.39 is 0 Å². The van der Waals surface area contributed by atoms with Crippen molar-refractivity contribution < 1.29 is 4.79 Å². The predicted octanol–water partition coefficient (Wildman–Crippen LogP) is 2.48. The lowest BCUT2D eigenvalue weighted by molar-refractivity contribution is -0.136. The molecule has 1 aliphatic rings. The second-order valence-electron chi connectivity index (χ2n) is 4.75. The van der Waals surface area contributed by atoms with Crippen LogP contribution in [0.5, 0.6) is 0 Å². The number of hydrogen-bond acceptors (Lipinski definition) is 3. The number of hydrogen-bond donors (Lipinski definition) is 1. The molecule has 3 unspecified atom stereocenters. The Morgan fingerprint density at radius 2 is 2.28 bits per heavy atom. The Hall–Kier alpha value is -0.580. The maximum atomic E-state index is 12.5. The highest BCUT2D eigenvalue weighted by Crippen LogP contribution is 2.24. The molecule has 5 heteroatoms. The number of nitrogens with one attached hydrogen (secondary N) is 1. The number of thiophene rings is 1. The summed E-state index contributed by atoms with van der Waals surface area (Å²) in [5.41, 5.74) is 0. The molecule has 1 aromatic rings. The maximum Gasteiger partial charge on any atom is 0.231 e. The molecule has 18 heavy (non-hydrogen) atoms. The van der Waals surface area contributed by atoms with Crippen LogP contribution in [0.2, 0.25) is 0 Å². The molecule has 1 N–H and O–H groups in total. The van der Waals surface area contributed by atoms with Gasteiger partial charge in [-0.3, -0.25) is 4.79 Å². The Morgan fingerprint density at radius 3 is 2.89 bits per heavy atom. The molecule has 3 nitrogen and oxygen atoms in total. The van der Waals surface area contributed by atoms with Crippen LogP contribution in [0.25, 0.3) is 0 Å². The second-order valence-corrected chi connectivity index (χ2v) is 5.73. The summed E-state index contributed by atoms with van der Waals surface area (Å²) in [4.78, 5) is 15.6. The van der Waals surface area contributed by atoms with Crippen LogP contribution in [0.3, 0.4) is 0 Å². The van der Waals surface area contributed by atoms with E-state index >= 15 is 0 Å². The van der Waals surface area contributed by atoms with Gasteiger partial charge >= 0.3 is 0 Å². The van der Waals surface area contributed by atoms with Gasteiger partial charge in [0.2, 0.25) is 5.91 Å². The van der Waals surface area contributed by atoms with E-state index in [1.807, 2.05) is 29.3 Å². The van der Waals surface area contributed by atoms with Crippen molar-refractivity contribution in [1.82, 2.24) is 10.2 Å². The van der Waals surface area contributed by atoms with Gasteiger partial charge in [0.25, 0.3) is 0 Å². The minimum Gasteiger partial charge on any atom is -0.337 e. The highest BCUT2D eigenvalue weighted by atomic mass is 35.5. The first-order valence-electron chi connectivity index (χ1n) is 6.18. The van der Waals surface area contributed by atoms with Gasteiger partial charge in [0.15, 0.2) is 0 Å². The molecule has 102 valence electrons. The summed E-state index contributed by atoms with van der Waals surface area (Å²) in [7, 11) is 0. The van der Waals surface area contributed by atoms with E-state index in [0.29, 0.717) is 6.04 Å². The van der Waals surface area contributed by atoms with Gasteiger partial charge in [-0.05, 0) is 32.2 Å². The van der Waals surface area contributed by atoms with Crippen LogP contribution < -0.4 is 5.32 Å². The molecule has 0 bridgehead atoms. The number of piperazine rings is 1. The molecule has 0 spiro atoms. The van der Waals surface area contributed by atoms with Crippen molar-refractivity contribution in [2.45, 2.75) is 38.8 Å². The SMILES string of the molecule is CC(C(=O)N1CCNC(C)C1C)c1cccs1.Cl. The van der Waals surface area contributed by atoms with Crippen molar-refractivity contribution >= 4 is 29.7 Å². The Morgan fingerprint density at radius 1 is 1.56 bits per heavy atom. The Balaban J connectivity index is 0.00000162. The topological polar surface area (TPSA) is 32.3 Å². The molecule has 2 heterocycles. The van der Waals surface area contributed by atoms with E-state index in [2.05, 4.69) is 19.2 Å². The first-order chi connectivity index (χ1) is 8.11. The van der Waals surface area contributed by atoms with Crippen LogP contribution in [0.4, 0.5) is 0 Å². The van der Waals surface area contributed by atoms with E-state index in [1.165, 1.54) is 0 Å². The van der Waals surface area contributed by atoms with Crippen molar-refractivity contribution in [3.63, 3.8) is 0 Å².